The van der Waals surface area contributed by atoms with Gasteiger partial charge in [-0.2, -0.15) is 0 Å². The van der Waals surface area contributed by atoms with Crippen LogP contribution in [0.1, 0.15) is 155 Å². The van der Waals surface area contributed by atoms with Gasteiger partial charge in [-0.05, 0) is 128 Å². The number of unbranched alkanes of at least 4 members (excludes halogenated alkanes) is 4. The van der Waals surface area contributed by atoms with Gasteiger partial charge in [0, 0.05) is 12.8 Å². The zero-order chi connectivity index (χ0) is 44.9. The quantitative estimate of drug-likeness (QED) is 0.0378. The molecule has 342 valence electrons. The number of allylic oxidation sites excluding steroid dienone is 28. The largest absolute Gasteiger partial charge is 0.462 e. The molecule has 0 aliphatic rings. The second-order valence-corrected chi connectivity index (χ2v) is 14.7. The summed E-state index contributed by atoms with van der Waals surface area (Å²) in [5.41, 5.74) is 0. The fraction of sp³-hybridized carbons (Fsp3) is 0.474. The van der Waals surface area contributed by atoms with Crippen molar-refractivity contribution in [3.05, 3.63) is 170 Å². The summed E-state index contributed by atoms with van der Waals surface area (Å²) in [6.45, 7) is 3.80. The molecule has 0 saturated carbocycles. The highest BCUT2D eigenvalue weighted by Crippen LogP contribution is 2.08. The molecular weight excluding hydrogens is 765 g/mol. The maximum atomic E-state index is 12.2. The highest BCUT2D eigenvalue weighted by atomic mass is 16.6. The van der Waals surface area contributed by atoms with Crippen molar-refractivity contribution in [2.75, 3.05) is 13.2 Å². The third kappa shape index (κ3) is 47.9. The first-order chi connectivity index (χ1) is 30.6. The van der Waals surface area contributed by atoms with Crippen LogP contribution < -0.4 is 0 Å². The van der Waals surface area contributed by atoms with E-state index in [2.05, 4.69) is 184 Å². The van der Waals surface area contributed by atoms with Crippen molar-refractivity contribution in [3.8, 4) is 0 Å². The van der Waals surface area contributed by atoms with Crippen molar-refractivity contribution in [1.29, 1.82) is 0 Å². The molecule has 0 aromatic rings. The highest BCUT2D eigenvalue weighted by molar-refractivity contribution is 5.70. The van der Waals surface area contributed by atoms with E-state index < -0.39 is 6.10 Å². The lowest BCUT2D eigenvalue weighted by atomic mass is 10.1. The molecule has 0 radical (unpaired) electrons. The van der Waals surface area contributed by atoms with Crippen LogP contribution in [-0.2, 0) is 19.1 Å². The molecule has 5 heteroatoms. The zero-order valence-corrected chi connectivity index (χ0v) is 38.8. The predicted molar refractivity (Wildman–Crippen MR) is 269 cm³/mol. The molecule has 0 spiro atoms. The summed E-state index contributed by atoms with van der Waals surface area (Å²) < 4.78 is 10.6. The number of rotatable bonds is 40. The molecule has 0 fully saturated rings. The van der Waals surface area contributed by atoms with E-state index in [-0.39, 0.29) is 31.6 Å². The molecule has 5 nitrogen and oxygen atoms in total. The number of carbonyl (C=O) groups is 2. The van der Waals surface area contributed by atoms with E-state index in [1.54, 1.807) is 0 Å². The Balaban J connectivity index is 3.77. The first-order valence-corrected chi connectivity index (χ1v) is 23.7. The van der Waals surface area contributed by atoms with Crippen LogP contribution in [0.4, 0.5) is 0 Å². The van der Waals surface area contributed by atoms with E-state index >= 15 is 0 Å². The number of carbonyl (C=O) groups excluding carboxylic acids is 2. The van der Waals surface area contributed by atoms with E-state index in [4.69, 9.17) is 9.47 Å². The molecule has 0 aromatic heterocycles. The van der Waals surface area contributed by atoms with E-state index in [1.807, 2.05) is 0 Å². The Morgan fingerprint density at radius 3 is 0.903 bits per heavy atom. The fourth-order valence-electron chi connectivity index (χ4n) is 5.51. The van der Waals surface area contributed by atoms with Crippen LogP contribution in [0, 0.1) is 0 Å². The van der Waals surface area contributed by atoms with Gasteiger partial charge in [0.15, 0.2) is 6.10 Å². The monoisotopic (exact) mass is 849 g/mol. The Kier molecular flexibility index (Phi) is 46.7. The lowest BCUT2D eigenvalue weighted by molar-refractivity contribution is -0.161. The maximum absolute atomic E-state index is 12.2. The van der Waals surface area contributed by atoms with Gasteiger partial charge in [-0.3, -0.25) is 9.59 Å². The van der Waals surface area contributed by atoms with E-state index in [9.17, 15) is 14.7 Å². The van der Waals surface area contributed by atoms with Gasteiger partial charge in [-0.25, -0.2) is 0 Å². The Labute approximate surface area is 379 Å². The van der Waals surface area contributed by atoms with Gasteiger partial charge in [0.1, 0.15) is 6.61 Å². The summed E-state index contributed by atoms with van der Waals surface area (Å²) in [5, 5.41) is 9.58. The van der Waals surface area contributed by atoms with Crippen LogP contribution in [0.25, 0.3) is 0 Å². The van der Waals surface area contributed by atoms with Crippen LogP contribution in [0.15, 0.2) is 170 Å². The molecule has 62 heavy (non-hydrogen) atoms. The first-order valence-electron chi connectivity index (χ1n) is 23.7. The molecule has 1 N–H and O–H groups in total. The van der Waals surface area contributed by atoms with Crippen molar-refractivity contribution in [3.63, 3.8) is 0 Å². The SMILES string of the molecule is CC/C=C\C/C=C\C/C=C\C/C=C\C/C=C\C/C=C\C/C=C\C/C=C\C/C=C\C/C=C\CCCCC(=O)OC(CO)COC(=O)CCCC/C=C\C/C=C\C/C=C\C/C=C\CC. The minimum Gasteiger partial charge on any atom is -0.462 e. The van der Waals surface area contributed by atoms with Crippen molar-refractivity contribution < 1.29 is 24.2 Å². The summed E-state index contributed by atoms with van der Waals surface area (Å²) >= 11 is 0. The minimum absolute atomic E-state index is 0.118. The third-order valence-corrected chi connectivity index (χ3v) is 9.01. The zero-order valence-electron chi connectivity index (χ0n) is 38.8. The average Bonchev–Trinajstić information content (AvgIpc) is 3.28. The van der Waals surface area contributed by atoms with Gasteiger partial charge >= 0.3 is 11.9 Å². The van der Waals surface area contributed by atoms with Gasteiger partial charge < -0.3 is 14.6 Å². The van der Waals surface area contributed by atoms with Gasteiger partial charge in [0.25, 0.3) is 0 Å². The van der Waals surface area contributed by atoms with Gasteiger partial charge in [-0.15, -0.1) is 0 Å². The van der Waals surface area contributed by atoms with Crippen molar-refractivity contribution >= 4 is 11.9 Å². The van der Waals surface area contributed by atoms with Crippen LogP contribution >= 0.6 is 0 Å². The summed E-state index contributed by atoms with van der Waals surface area (Å²) in [7, 11) is 0. The summed E-state index contributed by atoms with van der Waals surface area (Å²) in [6.07, 6.45) is 80.1. The summed E-state index contributed by atoms with van der Waals surface area (Å²) in [6, 6.07) is 0. The highest BCUT2D eigenvalue weighted by Gasteiger charge is 2.16. The van der Waals surface area contributed by atoms with Gasteiger partial charge in [-0.1, -0.05) is 184 Å². The Morgan fingerprint density at radius 2 is 0.629 bits per heavy atom. The van der Waals surface area contributed by atoms with Crippen molar-refractivity contribution in [2.24, 2.45) is 0 Å². The molecule has 0 aliphatic heterocycles. The smallest absolute Gasteiger partial charge is 0.306 e. The number of hydrogen-bond donors (Lipinski definition) is 1. The number of aliphatic hydroxyl groups is 1. The summed E-state index contributed by atoms with van der Waals surface area (Å²) in [4.78, 5) is 24.3. The molecule has 0 aliphatic carbocycles. The number of ether oxygens (including phenoxy) is 2. The lowest BCUT2D eigenvalue weighted by Gasteiger charge is -2.15. The standard InChI is InChI=1S/C57H84O5/c1-3-5-7-9-11-13-15-17-19-20-21-22-23-24-25-26-27-28-29-30-31-32-33-34-35-36-38-40-42-44-46-48-50-52-57(60)62-55(53-58)54-61-56(59)51-49-47-45-43-41-39-37-18-16-14-12-10-8-6-4-2/h5-8,11-14,17-19,21-22,24-25,27-28,30-31,33-34,36-38,41-44,55,58H,3-4,9-10,15-16,20,23,26,29,32,35,39-40,45-54H2,1-2H3/b7-5-,8-6-,13-11-,14-12-,19-17-,22-21-,25-24-,28-27-,31-30-,34-33-,37-18-,38-36-,43-41-,44-42-. The minimum atomic E-state index is -0.826. The second-order valence-electron chi connectivity index (χ2n) is 14.7. The van der Waals surface area contributed by atoms with E-state index in [0.717, 1.165) is 122 Å². The molecule has 0 amide bonds. The van der Waals surface area contributed by atoms with Crippen LogP contribution in [-0.4, -0.2) is 36.4 Å². The molecule has 0 rings (SSSR count). The Bertz CT molecular complexity index is 1470. The second kappa shape index (κ2) is 50.6. The number of hydrogen-bond acceptors (Lipinski definition) is 5. The van der Waals surface area contributed by atoms with Gasteiger partial charge in [0.2, 0.25) is 0 Å². The molecule has 0 saturated heterocycles. The van der Waals surface area contributed by atoms with Crippen LogP contribution in [0.2, 0.25) is 0 Å². The first kappa shape index (κ1) is 57.3. The fourth-order valence-corrected chi connectivity index (χ4v) is 5.51. The predicted octanol–water partition coefficient (Wildman–Crippen LogP) is 15.8. The third-order valence-electron chi connectivity index (χ3n) is 9.01. The van der Waals surface area contributed by atoms with Crippen molar-refractivity contribution in [2.45, 2.75) is 161 Å². The number of esters is 2. The van der Waals surface area contributed by atoms with Crippen LogP contribution in [0.3, 0.4) is 0 Å². The topological polar surface area (TPSA) is 72.8 Å². The number of aliphatic hydroxyl groups excluding tert-OH is 1. The van der Waals surface area contributed by atoms with Gasteiger partial charge in [0.05, 0.1) is 6.61 Å². The van der Waals surface area contributed by atoms with E-state index in [1.165, 1.54) is 0 Å². The average molecular weight is 849 g/mol. The Morgan fingerprint density at radius 1 is 0.371 bits per heavy atom. The molecule has 1 atom stereocenters. The molecule has 0 bridgehead atoms. The normalized spacial score (nSPS) is 13.8. The molecule has 0 aromatic carbocycles. The van der Waals surface area contributed by atoms with Crippen LogP contribution in [0.5, 0.6) is 0 Å². The lowest BCUT2D eigenvalue weighted by Crippen LogP contribution is -2.28. The van der Waals surface area contributed by atoms with Crippen molar-refractivity contribution in [1.82, 2.24) is 0 Å². The molecular formula is C57H84O5. The molecule has 1 unspecified atom stereocenters. The Hall–Kier alpha value is -4.74. The summed E-state index contributed by atoms with van der Waals surface area (Å²) in [5.74, 6) is -0.711. The molecule has 0 heterocycles. The maximum Gasteiger partial charge on any atom is 0.306 e. The van der Waals surface area contributed by atoms with E-state index in [0.29, 0.717) is 12.8 Å².